The number of rotatable bonds is 4. The molecule has 1 atom stereocenters. The minimum atomic E-state index is 0. The first-order valence-electron chi connectivity index (χ1n) is 6.94. The average Bonchev–Trinajstić information content (AvgIpc) is 2.37. The molecule has 0 fully saturated rings. The topological polar surface area (TPSA) is 36.4 Å². The van der Waals surface area contributed by atoms with Crippen LogP contribution in [0.4, 0.5) is 0 Å². The monoisotopic (exact) mass is 389 g/mol. The zero-order chi connectivity index (χ0) is 14.3. The van der Waals surface area contributed by atoms with Gasteiger partial charge in [-0.2, -0.15) is 0 Å². The smallest absolute Gasteiger partial charge is 0.191 e. The van der Waals surface area contributed by atoms with Crippen molar-refractivity contribution in [2.45, 2.75) is 40.2 Å². The maximum Gasteiger partial charge on any atom is 0.191 e. The number of hydrogen-bond acceptors (Lipinski definition) is 1. The summed E-state index contributed by atoms with van der Waals surface area (Å²) in [4.78, 5) is 4.27. The Morgan fingerprint density at radius 1 is 1.20 bits per heavy atom. The fourth-order valence-electron chi connectivity index (χ4n) is 1.78. The molecular weight excluding hydrogens is 361 g/mol. The van der Waals surface area contributed by atoms with Crippen LogP contribution >= 0.6 is 24.0 Å². The Bertz CT molecular complexity index is 396. The second-order valence-electron chi connectivity index (χ2n) is 6.09. The van der Waals surface area contributed by atoms with Gasteiger partial charge in [-0.15, -0.1) is 24.0 Å². The minimum absolute atomic E-state index is 0. The minimum Gasteiger partial charge on any atom is -0.356 e. The molecule has 1 aromatic carbocycles. The number of aliphatic imine (C=N–C) groups is 1. The first kappa shape index (κ1) is 19.2. The van der Waals surface area contributed by atoms with Crippen molar-refractivity contribution in [1.82, 2.24) is 10.6 Å². The number of hydrogen-bond donors (Lipinski definition) is 2. The summed E-state index contributed by atoms with van der Waals surface area (Å²) in [5.41, 5.74) is 1.61. The highest BCUT2D eigenvalue weighted by Gasteiger charge is 2.11. The van der Waals surface area contributed by atoms with Crippen molar-refractivity contribution >= 4 is 29.9 Å². The van der Waals surface area contributed by atoms with Crippen LogP contribution in [-0.4, -0.2) is 19.6 Å². The van der Waals surface area contributed by atoms with E-state index >= 15 is 0 Å². The van der Waals surface area contributed by atoms with Crippen LogP contribution < -0.4 is 10.6 Å². The average molecular weight is 389 g/mol. The summed E-state index contributed by atoms with van der Waals surface area (Å²) in [5.74, 6) is 0.862. The van der Waals surface area contributed by atoms with Crippen molar-refractivity contribution in [2.24, 2.45) is 10.4 Å². The van der Waals surface area contributed by atoms with Crippen LogP contribution in [0.2, 0.25) is 0 Å². The van der Waals surface area contributed by atoms with Gasteiger partial charge in [-0.1, -0.05) is 51.1 Å². The van der Waals surface area contributed by atoms with E-state index in [1.165, 1.54) is 5.56 Å². The maximum atomic E-state index is 4.27. The summed E-state index contributed by atoms with van der Waals surface area (Å²) in [6.07, 6.45) is 1.12. The standard InChI is InChI=1S/C16H27N3.HI/c1-13(14-9-7-6-8-10-14)19-15(17-5)18-12-11-16(2,3)4;/h6-10,13H,11-12H2,1-5H3,(H2,17,18,19);1H. The second-order valence-corrected chi connectivity index (χ2v) is 6.09. The van der Waals surface area contributed by atoms with E-state index < -0.39 is 0 Å². The van der Waals surface area contributed by atoms with Gasteiger partial charge in [0.25, 0.3) is 0 Å². The zero-order valence-electron chi connectivity index (χ0n) is 13.2. The first-order chi connectivity index (χ1) is 8.92. The number of nitrogens with one attached hydrogen (secondary N) is 2. The van der Waals surface area contributed by atoms with E-state index in [2.05, 4.69) is 67.6 Å². The van der Waals surface area contributed by atoms with Crippen LogP contribution in [0.25, 0.3) is 0 Å². The van der Waals surface area contributed by atoms with Crippen LogP contribution in [0.3, 0.4) is 0 Å². The Morgan fingerprint density at radius 3 is 2.30 bits per heavy atom. The van der Waals surface area contributed by atoms with Gasteiger partial charge in [0.05, 0.1) is 6.04 Å². The van der Waals surface area contributed by atoms with E-state index in [0.717, 1.165) is 18.9 Å². The summed E-state index contributed by atoms with van der Waals surface area (Å²) < 4.78 is 0. The molecule has 0 aliphatic rings. The molecule has 3 nitrogen and oxygen atoms in total. The third-order valence-electron chi connectivity index (χ3n) is 3.04. The highest BCUT2D eigenvalue weighted by Crippen LogP contribution is 2.17. The van der Waals surface area contributed by atoms with Gasteiger partial charge >= 0.3 is 0 Å². The lowest BCUT2D eigenvalue weighted by Gasteiger charge is -2.21. The number of nitrogens with zero attached hydrogens (tertiary/aromatic N) is 1. The fraction of sp³-hybridized carbons (Fsp3) is 0.562. The van der Waals surface area contributed by atoms with E-state index in [1.807, 2.05) is 13.1 Å². The fourth-order valence-corrected chi connectivity index (χ4v) is 1.78. The predicted octanol–water partition coefficient (Wildman–Crippen LogP) is 3.97. The van der Waals surface area contributed by atoms with E-state index in [0.29, 0.717) is 5.41 Å². The third kappa shape index (κ3) is 7.72. The van der Waals surface area contributed by atoms with Crippen LogP contribution in [0.15, 0.2) is 35.3 Å². The molecule has 114 valence electrons. The quantitative estimate of drug-likeness (QED) is 0.465. The Labute approximate surface area is 140 Å². The van der Waals surface area contributed by atoms with E-state index in [4.69, 9.17) is 0 Å². The van der Waals surface area contributed by atoms with Gasteiger partial charge in [0.1, 0.15) is 0 Å². The molecule has 20 heavy (non-hydrogen) atoms. The van der Waals surface area contributed by atoms with Crippen LogP contribution in [0.5, 0.6) is 0 Å². The molecule has 0 saturated carbocycles. The van der Waals surface area contributed by atoms with Crippen molar-refractivity contribution in [3.8, 4) is 0 Å². The summed E-state index contributed by atoms with van der Waals surface area (Å²) in [6, 6.07) is 10.7. The molecule has 0 heterocycles. The summed E-state index contributed by atoms with van der Waals surface area (Å²) in [5, 5.41) is 6.77. The highest BCUT2D eigenvalue weighted by molar-refractivity contribution is 14.0. The Balaban J connectivity index is 0.00000361. The highest BCUT2D eigenvalue weighted by atomic mass is 127. The van der Waals surface area contributed by atoms with Crippen molar-refractivity contribution in [2.75, 3.05) is 13.6 Å². The molecule has 4 heteroatoms. The largest absolute Gasteiger partial charge is 0.356 e. The van der Waals surface area contributed by atoms with Crippen molar-refractivity contribution < 1.29 is 0 Å². The van der Waals surface area contributed by atoms with Gasteiger partial charge in [0.15, 0.2) is 5.96 Å². The SMILES string of the molecule is CN=C(NCCC(C)(C)C)NC(C)c1ccccc1.I. The molecule has 1 aromatic rings. The first-order valence-corrected chi connectivity index (χ1v) is 6.94. The van der Waals surface area contributed by atoms with Gasteiger partial charge < -0.3 is 10.6 Å². The van der Waals surface area contributed by atoms with Gasteiger partial charge in [-0.3, -0.25) is 4.99 Å². The van der Waals surface area contributed by atoms with Crippen LogP contribution in [-0.2, 0) is 0 Å². The molecule has 0 saturated heterocycles. The van der Waals surface area contributed by atoms with Crippen molar-refractivity contribution in [1.29, 1.82) is 0 Å². The van der Waals surface area contributed by atoms with Gasteiger partial charge in [-0.05, 0) is 24.3 Å². The molecular formula is C16H28IN3. The number of guanidine groups is 1. The molecule has 1 rings (SSSR count). The van der Waals surface area contributed by atoms with Crippen LogP contribution in [0.1, 0.15) is 45.7 Å². The molecule has 0 bridgehead atoms. The molecule has 0 spiro atoms. The van der Waals surface area contributed by atoms with Crippen molar-refractivity contribution in [3.63, 3.8) is 0 Å². The van der Waals surface area contributed by atoms with E-state index in [1.54, 1.807) is 0 Å². The lowest BCUT2D eigenvalue weighted by molar-refractivity contribution is 0.377. The zero-order valence-corrected chi connectivity index (χ0v) is 15.6. The van der Waals surface area contributed by atoms with E-state index in [-0.39, 0.29) is 30.0 Å². The van der Waals surface area contributed by atoms with Gasteiger partial charge in [-0.25, -0.2) is 0 Å². The molecule has 0 radical (unpaired) electrons. The molecule has 0 aliphatic carbocycles. The predicted molar refractivity (Wildman–Crippen MR) is 98.8 cm³/mol. The Morgan fingerprint density at radius 2 is 1.80 bits per heavy atom. The Hall–Kier alpha value is -0.780. The van der Waals surface area contributed by atoms with Crippen molar-refractivity contribution in [3.05, 3.63) is 35.9 Å². The molecule has 0 amide bonds. The normalized spacial score (nSPS) is 13.3. The summed E-state index contributed by atoms with van der Waals surface area (Å²) in [7, 11) is 1.81. The Kier molecular flexibility index (Phi) is 8.85. The molecule has 0 aliphatic heterocycles. The lowest BCUT2D eigenvalue weighted by atomic mass is 9.92. The van der Waals surface area contributed by atoms with Gasteiger partial charge in [0, 0.05) is 13.6 Å². The third-order valence-corrected chi connectivity index (χ3v) is 3.04. The number of halogens is 1. The maximum absolute atomic E-state index is 4.27. The number of benzene rings is 1. The van der Waals surface area contributed by atoms with E-state index in [9.17, 15) is 0 Å². The summed E-state index contributed by atoms with van der Waals surface area (Å²) >= 11 is 0. The second kappa shape index (κ2) is 9.21. The molecule has 2 N–H and O–H groups in total. The van der Waals surface area contributed by atoms with Gasteiger partial charge in [0.2, 0.25) is 0 Å². The molecule has 0 aromatic heterocycles. The summed E-state index contributed by atoms with van der Waals surface area (Å²) in [6.45, 7) is 9.82. The lowest BCUT2D eigenvalue weighted by Crippen LogP contribution is -2.39. The van der Waals surface area contributed by atoms with Crippen LogP contribution in [0, 0.1) is 5.41 Å². The molecule has 1 unspecified atom stereocenters.